The quantitative estimate of drug-likeness (QED) is 0.508. The molecule has 160 valence electrons. The summed E-state index contributed by atoms with van der Waals surface area (Å²) in [6.07, 6.45) is 6.31. The summed E-state index contributed by atoms with van der Waals surface area (Å²) in [6, 6.07) is 7.83. The van der Waals surface area contributed by atoms with E-state index in [0.717, 1.165) is 58.3 Å². The van der Waals surface area contributed by atoms with Crippen molar-refractivity contribution in [2.24, 2.45) is 0 Å². The second-order valence-electron chi connectivity index (χ2n) is 7.98. The predicted octanol–water partition coefficient (Wildman–Crippen LogP) is 5.03. The Morgan fingerprint density at radius 1 is 1.19 bits per heavy atom. The molecule has 4 rings (SSSR count). The highest BCUT2D eigenvalue weighted by Crippen LogP contribution is 2.35. The normalized spacial score (nSPS) is 12.7. The van der Waals surface area contributed by atoms with Crippen LogP contribution in [0, 0.1) is 6.92 Å². The number of hydrogen-bond acceptors (Lipinski definition) is 6. The molecule has 6 nitrogen and oxygen atoms in total. The molecule has 3 heterocycles. The van der Waals surface area contributed by atoms with Crippen LogP contribution in [0.4, 0.5) is 17.3 Å². The van der Waals surface area contributed by atoms with Gasteiger partial charge in [0.25, 0.3) is 0 Å². The molecule has 0 spiro atoms. The summed E-state index contributed by atoms with van der Waals surface area (Å²) in [6.45, 7) is 3.09. The summed E-state index contributed by atoms with van der Waals surface area (Å²) >= 11 is 11.7. The van der Waals surface area contributed by atoms with Crippen molar-refractivity contribution in [1.82, 2.24) is 19.9 Å². The van der Waals surface area contributed by atoms with Gasteiger partial charge in [-0.15, -0.1) is 0 Å². The number of thiocarbonyl (C=S) groups is 1. The first kappa shape index (κ1) is 21.6. The summed E-state index contributed by atoms with van der Waals surface area (Å²) in [7, 11) is 4.18. The second kappa shape index (κ2) is 9.26. The van der Waals surface area contributed by atoms with Crippen LogP contribution >= 0.6 is 23.8 Å². The van der Waals surface area contributed by atoms with E-state index in [1.807, 2.05) is 37.5 Å². The highest BCUT2D eigenvalue weighted by Gasteiger charge is 2.19. The average molecular weight is 453 g/mol. The Balaban J connectivity index is 1.62. The van der Waals surface area contributed by atoms with Gasteiger partial charge in [0.2, 0.25) is 5.95 Å². The summed E-state index contributed by atoms with van der Waals surface area (Å²) in [5, 5.41) is 7.24. The molecule has 0 fully saturated rings. The monoisotopic (exact) mass is 452 g/mol. The summed E-state index contributed by atoms with van der Waals surface area (Å²) < 4.78 is 0. The van der Waals surface area contributed by atoms with E-state index in [1.54, 1.807) is 0 Å². The van der Waals surface area contributed by atoms with Crippen LogP contribution in [0.3, 0.4) is 0 Å². The molecular formula is C23H25ClN6S. The number of aromatic nitrogens is 3. The number of hydrogen-bond donors (Lipinski definition) is 2. The lowest BCUT2D eigenvalue weighted by molar-refractivity contribution is 0.400. The molecule has 1 aliphatic heterocycles. The van der Waals surface area contributed by atoms with Crippen molar-refractivity contribution >= 4 is 46.1 Å². The fourth-order valence-corrected chi connectivity index (χ4v) is 4.08. The van der Waals surface area contributed by atoms with Gasteiger partial charge < -0.3 is 15.5 Å². The summed E-state index contributed by atoms with van der Waals surface area (Å²) in [5.41, 5.74) is 6.81. The highest BCUT2D eigenvalue weighted by atomic mass is 35.5. The van der Waals surface area contributed by atoms with Crippen LogP contribution in [0.25, 0.3) is 11.3 Å². The van der Waals surface area contributed by atoms with Gasteiger partial charge in [0.05, 0.1) is 22.6 Å². The Morgan fingerprint density at radius 3 is 2.84 bits per heavy atom. The fourth-order valence-electron chi connectivity index (χ4n) is 3.64. The van der Waals surface area contributed by atoms with Gasteiger partial charge in [0.1, 0.15) is 0 Å². The van der Waals surface area contributed by atoms with E-state index >= 15 is 0 Å². The van der Waals surface area contributed by atoms with Gasteiger partial charge in [-0.3, -0.25) is 4.98 Å². The third-order valence-electron chi connectivity index (χ3n) is 5.23. The lowest BCUT2D eigenvalue weighted by Gasteiger charge is -2.13. The zero-order valence-corrected chi connectivity index (χ0v) is 19.4. The molecule has 0 radical (unpaired) electrons. The first-order valence-corrected chi connectivity index (χ1v) is 11.0. The molecule has 0 bridgehead atoms. The predicted molar refractivity (Wildman–Crippen MR) is 132 cm³/mol. The van der Waals surface area contributed by atoms with Crippen molar-refractivity contribution in [2.75, 3.05) is 31.3 Å². The number of nitrogens with one attached hydrogen (secondary N) is 2. The van der Waals surface area contributed by atoms with Gasteiger partial charge >= 0.3 is 0 Å². The Morgan fingerprint density at radius 2 is 2.03 bits per heavy atom. The number of pyridine rings is 1. The molecule has 8 heteroatoms. The van der Waals surface area contributed by atoms with Gasteiger partial charge in [-0.1, -0.05) is 23.8 Å². The van der Waals surface area contributed by atoms with Gasteiger partial charge in [-0.25, -0.2) is 9.97 Å². The second-order valence-corrected chi connectivity index (χ2v) is 8.91. The van der Waals surface area contributed by atoms with Gasteiger partial charge in [0, 0.05) is 40.1 Å². The number of nitrogens with zero attached hydrogens (tertiary/aromatic N) is 4. The zero-order valence-electron chi connectivity index (χ0n) is 17.9. The van der Waals surface area contributed by atoms with E-state index in [9.17, 15) is 0 Å². The third kappa shape index (κ3) is 5.18. The van der Waals surface area contributed by atoms with Crippen LogP contribution in [0.5, 0.6) is 0 Å². The topological polar surface area (TPSA) is 66.0 Å². The maximum atomic E-state index is 6.19. The number of benzene rings is 1. The van der Waals surface area contributed by atoms with Crippen LogP contribution in [0.1, 0.15) is 23.2 Å². The van der Waals surface area contributed by atoms with Crippen LogP contribution in [-0.2, 0) is 12.8 Å². The zero-order chi connectivity index (χ0) is 22.0. The number of rotatable bonds is 6. The van der Waals surface area contributed by atoms with E-state index < -0.39 is 0 Å². The third-order valence-corrected chi connectivity index (χ3v) is 5.71. The van der Waals surface area contributed by atoms with Gasteiger partial charge in [0.15, 0.2) is 0 Å². The lowest BCUT2D eigenvalue weighted by atomic mass is 10.1. The van der Waals surface area contributed by atoms with Crippen LogP contribution in [-0.4, -0.2) is 45.5 Å². The minimum absolute atomic E-state index is 0.525. The standard InChI is InChI=1S/C23H25ClN6S/c1-14-15(5-4-8-30(2)3)9-18(13-25-14)27-23-26-12-16-10-21(31)28-20-11-17(24)6-7-19(20)22(16)29-23/h6-7,9,11-13H,4-5,8,10H2,1-3H3,(H,28,31)(H,26,27,29). The number of aryl methyl sites for hydroxylation is 2. The van der Waals surface area contributed by atoms with Crippen molar-refractivity contribution in [3.05, 3.63) is 58.5 Å². The molecule has 2 N–H and O–H groups in total. The smallest absolute Gasteiger partial charge is 0.227 e. The van der Waals surface area contributed by atoms with Crippen LogP contribution < -0.4 is 10.6 Å². The van der Waals surface area contributed by atoms with Gasteiger partial charge in [-0.2, -0.15) is 0 Å². The Bertz CT molecular complexity index is 1130. The maximum Gasteiger partial charge on any atom is 0.227 e. The van der Waals surface area contributed by atoms with E-state index in [4.69, 9.17) is 28.8 Å². The first-order chi connectivity index (χ1) is 14.9. The summed E-state index contributed by atoms with van der Waals surface area (Å²) in [5.74, 6) is 0.525. The molecule has 0 unspecified atom stereocenters. The van der Waals surface area contributed by atoms with Gasteiger partial charge in [-0.05, 0) is 70.2 Å². The minimum atomic E-state index is 0.525. The van der Waals surface area contributed by atoms with E-state index in [0.29, 0.717) is 17.4 Å². The highest BCUT2D eigenvalue weighted by molar-refractivity contribution is 7.80. The summed E-state index contributed by atoms with van der Waals surface area (Å²) in [4.78, 5) is 16.8. The molecule has 0 saturated carbocycles. The van der Waals surface area contributed by atoms with Crippen molar-refractivity contribution in [2.45, 2.75) is 26.2 Å². The van der Waals surface area contributed by atoms with Crippen molar-refractivity contribution < 1.29 is 0 Å². The van der Waals surface area contributed by atoms with Crippen LogP contribution in [0.2, 0.25) is 5.02 Å². The number of fused-ring (bicyclic) bond motifs is 3. The molecule has 31 heavy (non-hydrogen) atoms. The van der Waals surface area contributed by atoms with Crippen molar-refractivity contribution in [1.29, 1.82) is 0 Å². The molecule has 0 saturated heterocycles. The minimum Gasteiger partial charge on any atom is -0.349 e. The van der Waals surface area contributed by atoms with E-state index in [1.165, 1.54) is 5.56 Å². The number of anilines is 3. The Kier molecular flexibility index (Phi) is 6.46. The molecule has 0 amide bonds. The molecule has 0 atom stereocenters. The van der Waals surface area contributed by atoms with Crippen LogP contribution in [0.15, 0.2) is 36.7 Å². The van der Waals surface area contributed by atoms with Crippen molar-refractivity contribution in [3.8, 4) is 11.3 Å². The fraction of sp³-hybridized carbons (Fsp3) is 0.304. The molecule has 3 aromatic rings. The molecule has 0 aliphatic carbocycles. The molecule has 1 aliphatic rings. The Hall–Kier alpha value is -2.61. The largest absolute Gasteiger partial charge is 0.349 e. The van der Waals surface area contributed by atoms with E-state index in [-0.39, 0.29) is 0 Å². The first-order valence-electron chi connectivity index (χ1n) is 10.2. The molecule has 1 aromatic carbocycles. The SMILES string of the molecule is Cc1ncc(Nc2ncc3c(n2)-c2ccc(Cl)cc2NC(=S)C3)cc1CCCN(C)C. The average Bonchev–Trinajstić information content (AvgIpc) is 2.84. The Labute approximate surface area is 193 Å². The molecule has 2 aromatic heterocycles. The number of halogens is 1. The van der Waals surface area contributed by atoms with E-state index in [2.05, 4.69) is 45.7 Å². The molecular weight excluding hydrogens is 428 g/mol. The lowest BCUT2D eigenvalue weighted by Crippen LogP contribution is -2.13. The van der Waals surface area contributed by atoms with Crippen molar-refractivity contribution in [3.63, 3.8) is 0 Å². The maximum absolute atomic E-state index is 6.19.